The monoisotopic (exact) mass is 543 g/mol. The van der Waals surface area contributed by atoms with Crippen molar-refractivity contribution in [3.05, 3.63) is 71.7 Å². The fourth-order valence-corrected chi connectivity index (χ4v) is 4.92. The fraction of sp³-hybridized carbons (Fsp3) is 0.370. The average Bonchev–Trinajstić information content (AvgIpc) is 2.83. The standard InChI is InChI=1S/C27H28F3N5O4/c1-15-3-8-21(25(36)31-15)24-22(29)9-19(10-23(24)30)34-11-17(12-34)32-26(37)39-20-13-35(14-20)27(38)33(2)18-6-4-16(28)5-7-18/h4-7,9-10,17,20-21H,1,3,8,11-14H2,2H3,(H,31,36)(H,32,37). The summed E-state index contributed by atoms with van der Waals surface area (Å²) in [6.45, 7) is 4.80. The minimum Gasteiger partial charge on any atom is -0.442 e. The summed E-state index contributed by atoms with van der Waals surface area (Å²) in [5, 5.41) is 5.26. The molecule has 0 spiro atoms. The van der Waals surface area contributed by atoms with Crippen molar-refractivity contribution in [1.82, 2.24) is 15.5 Å². The normalized spacial score (nSPS) is 19.6. The number of nitrogens with zero attached hydrogens (tertiary/aromatic N) is 3. The second kappa shape index (κ2) is 10.5. The van der Waals surface area contributed by atoms with Crippen LogP contribution in [0.25, 0.3) is 0 Å². The Morgan fingerprint density at radius 2 is 1.72 bits per heavy atom. The van der Waals surface area contributed by atoms with Gasteiger partial charge in [0.15, 0.2) is 0 Å². The van der Waals surface area contributed by atoms with Gasteiger partial charge in [0.2, 0.25) is 5.91 Å². The number of carbonyl (C=O) groups excluding carboxylic acids is 3. The van der Waals surface area contributed by atoms with Crippen LogP contribution < -0.4 is 20.4 Å². The number of anilines is 2. The van der Waals surface area contributed by atoms with E-state index in [-0.39, 0.29) is 37.1 Å². The molecule has 0 aliphatic carbocycles. The average molecular weight is 544 g/mol. The van der Waals surface area contributed by atoms with Gasteiger partial charge in [-0.05, 0) is 49.2 Å². The number of likely N-dealkylation sites (tertiary alicyclic amines) is 1. The summed E-state index contributed by atoms with van der Waals surface area (Å²) >= 11 is 0. The van der Waals surface area contributed by atoms with E-state index in [1.54, 1.807) is 11.9 Å². The molecule has 2 aromatic carbocycles. The van der Waals surface area contributed by atoms with E-state index in [1.165, 1.54) is 46.2 Å². The van der Waals surface area contributed by atoms with Crippen LogP contribution in [0.4, 0.5) is 34.1 Å². The molecule has 0 saturated carbocycles. The van der Waals surface area contributed by atoms with Crippen LogP contribution >= 0.6 is 0 Å². The third-order valence-corrected chi connectivity index (χ3v) is 7.23. The number of hydrogen-bond donors (Lipinski definition) is 2. The Hall–Kier alpha value is -4.22. The number of benzene rings is 2. The molecule has 12 heteroatoms. The van der Waals surface area contributed by atoms with Crippen molar-refractivity contribution in [1.29, 1.82) is 0 Å². The molecule has 2 aromatic rings. The van der Waals surface area contributed by atoms with Gasteiger partial charge in [-0.1, -0.05) is 6.58 Å². The number of urea groups is 1. The molecule has 1 unspecified atom stereocenters. The van der Waals surface area contributed by atoms with E-state index in [4.69, 9.17) is 4.74 Å². The van der Waals surface area contributed by atoms with Crippen LogP contribution in [0.15, 0.2) is 48.7 Å². The third-order valence-electron chi connectivity index (χ3n) is 7.23. The highest BCUT2D eigenvalue weighted by Gasteiger charge is 2.37. The number of allylic oxidation sites excluding steroid dienone is 1. The molecule has 3 aliphatic rings. The number of nitrogens with one attached hydrogen (secondary N) is 2. The summed E-state index contributed by atoms with van der Waals surface area (Å²) < 4.78 is 48.1. The Kier molecular flexibility index (Phi) is 7.11. The molecular formula is C27H28F3N5O4. The largest absolute Gasteiger partial charge is 0.442 e. The summed E-state index contributed by atoms with van der Waals surface area (Å²) in [7, 11) is 1.58. The molecule has 0 bridgehead atoms. The predicted molar refractivity (Wildman–Crippen MR) is 137 cm³/mol. The molecule has 4 amide bonds. The molecule has 1 atom stereocenters. The van der Waals surface area contributed by atoms with Crippen LogP contribution in [0, 0.1) is 17.5 Å². The van der Waals surface area contributed by atoms with Crippen LogP contribution in [-0.2, 0) is 9.53 Å². The SMILES string of the molecule is C=C1CCC(c2c(F)cc(N3CC(NC(=O)OC4CN(C(=O)N(C)c5ccc(F)cc5)C4)C3)cc2F)C(=O)N1. The quantitative estimate of drug-likeness (QED) is 0.603. The first kappa shape index (κ1) is 26.4. The molecule has 3 heterocycles. The first-order valence-electron chi connectivity index (χ1n) is 12.6. The molecule has 5 rings (SSSR count). The summed E-state index contributed by atoms with van der Waals surface area (Å²) in [4.78, 5) is 41.6. The van der Waals surface area contributed by atoms with Gasteiger partial charge in [-0.15, -0.1) is 0 Å². The van der Waals surface area contributed by atoms with E-state index >= 15 is 0 Å². The van der Waals surface area contributed by atoms with Crippen molar-refractivity contribution < 1.29 is 32.3 Å². The minimum atomic E-state index is -0.911. The van der Waals surface area contributed by atoms with Gasteiger partial charge in [-0.3, -0.25) is 9.69 Å². The zero-order valence-electron chi connectivity index (χ0n) is 21.3. The maximum Gasteiger partial charge on any atom is 0.407 e. The number of ether oxygens (including phenoxy) is 1. The zero-order valence-corrected chi connectivity index (χ0v) is 21.3. The summed E-state index contributed by atoms with van der Waals surface area (Å²) in [6, 6.07) is 7.37. The van der Waals surface area contributed by atoms with Gasteiger partial charge in [0.25, 0.3) is 0 Å². The molecule has 0 aromatic heterocycles. The molecule has 3 fully saturated rings. The van der Waals surface area contributed by atoms with E-state index in [2.05, 4.69) is 17.2 Å². The van der Waals surface area contributed by atoms with E-state index in [1.807, 2.05) is 0 Å². The van der Waals surface area contributed by atoms with Gasteiger partial charge < -0.3 is 25.2 Å². The van der Waals surface area contributed by atoms with Crippen LogP contribution in [0.1, 0.15) is 24.3 Å². The lowest BCUT2D eigenvalue weighted by molar-refractivity contribution is -0.123. The van der Waals surface area contributed by atoms with Crippen molar-refractivity contribution in [2.75, 3.05) is 43.0 Å². The Balaban J connectivity index is 1.06. The molecule has 0 radical (unpaired) electrons. The molecule has 3 saturated heterocycles. The fourth-order valence-electron chi connectivity index (χ4n) is 4.92. The Bertz CT molecular complexity index is 1290. The third kappa shape index (κ3) is 5.50. The number of piperidine rings is 1. The zero-order chi connectivity index (χ0) is 27.8. The molecular weight excluding hydrogens is 515 g/mol. The lowest BCUT2D eigenvalue weighted by Gasteiger charge is -2.43. The number of hydrogen-bond acceptors (Lipinski definition) is 5. The van der Waals surface area contributed by atoms with E-state index in [0.717, 1.165) is 0 Å². The molecule has 206 valence electrons. The Labute approximate surface area is 223 Å². The summed E-state index contributed by atoms with van der Waals surface area (Å²) in [5.74, 6) is -3.36. The van der Waals surface area contributed by atoms with Gasteiger partial charge in [-0.2, -0.15) is 0 Å². The second-order valence-corrected chi connectivity index (χ2v) is 10.0. The Morgan fingerprint density at radius 3 is 2.33 bits per heavy atom. The highest BCUT2D eigenvalue weighted by Crippen LogP contribution is 2.34. The first-order valence-corrected chi connectivity index (χ1v) is 12.6. The summed E-state index contributed by atoms with van der Waals surface area (Å²) in [6.07, 6.45) is -0.361. The highest BCUT2D eigenvalue weighted by atomic mass is 19.1. The number of rotatable bonds is 5. The second-order valence-electron chi connectivity index (χ2n) is 10.0. The van der Waals surface area contributed by atoms with E-state index < -0.39 is 41.5 Å². The molecule has 2 N–H and O–H groups in total. The van der Waals surface area contributed by atoms with Crippen LogP contribution in [0.3, 0.4) is 0 Å². The number of carbonyl (C=O) groups is 3. The first-order chi connectivity index (χ1) is 18.6. The van der Waals surface area contributed by atoms with Gasteiger partial charge in [-0.25, -0.2) is 22.8 Å². The van der Waals surface area contributed by atoms with Crippen LogP contribution in [-0.4, -0.2) is 68.3 Å². The molecule has 39 heavy (non-hydrogen) atoms. The highest BCUT2D eigenvalue weighted by molar-refractivity contribution is 5.92. The van der Waals surface area contributed by atoms with Crippen molar-refractivity contribution in [3.63, 3.8) is 0 Å². The number of amides is 4. The smallest absolute Gasteiger partial charge is 0.407 e. The minimum absolute atomic E-state index is 0.229. The van der Waals surface area contributed by atoms with E-state index in [0.29, 0.717) is 36.6 Å². The molecule has 9 nitrogen and oxygen atoms in total. The number of halogens is 3. The van der Waals surface area contributed by atoms with Gasteiger partial charge in [0.1, 0.15) is 23.6 Å². The van der Waals surface area contributed by atoms with Crippen LogP contribution in [0.5, 0.6) is 0 Å². The predicted octanol–water partition coefficient (Wildman–Crippen LogP) is 3.47. The van der Waals surface area contributed by atoms with Crippen molar-refractivity contribution in [3.8, 4) is 0 Å². The maximum atomic E-state index is 14.8. The van der Waals surface area contributed by atoms with Gasteiger partial charge >= 0.3 is 12.1 Å². The van der Waals surface area contributed by atoms with E-state index in [9.17, 15) is 27.6 Å². The van der Waals surface area contributed by atoms with Gasteiger partial charge in [0, 0.05) is 42.8 Å². The molecule has 3 aliphatic heterocycles. The number of alkyl carbamates (subject to hydrolysis) is 1. The lowest BCUT2D eigenvalue weighted by atomic mass is 9.88. The van der Waals surface area contributed by atoms with Crippen molar-refractivity contribution >= 4 is 29.4 Å². The lowest BCUT2D eigenvalue weighted by Crippen LogP contribution is -2.62. The van der Waals surface area contributed by atoms with Gasteiger partial charge in [0.05, 0.1) is 25.0 Å². The summed E-state index contributed by atoms with van der Waals surface area (Å²) in [5.41, 5.74) is 1.14. The van der Waals surface area contributed by atoms with Crippen LogP contribution in [0.2, 0.25) is 0 Å². The maximum absolute atomic E-state index is 14.8. The topological polar surface area (TPSA) is 94.2 Å². The Morgan fingerprint density at radius 1 is 1.08 bits per heavy atom. The van der Waals surface area contributed by atoms with Crippen molar-refractivity contribution in [2.45, 2.75) is 30.9 Å². The van der Waals surface area contributed by atoms with Crippen molar-refractivity contribution in [2.24, 2.45) is 0 Å².